The van der Waals surface area contributed by atoms with Crippen LogP contribution in [0.15, 0.2) is 18.2 Å². The van der Waals surface area contributed by atoms with Gasteiger partial charge in [0.2, 0.25) is 0 Å². The number of nitrogens with zero attached hydrogens (tertiary/aromatic N) is 1. The van der Waals surface area contributed by atoms with Crippen molar-refractivity contribution in [2.75, 3.05) is 26.3 Å². The van der Waals surface area contributed by atoms with Gasteiger partial charge in [-0.3, -0.25) is 4.79 Å². The van der Waals surface area contributed by atoms with E-state index >= 15 is 0 Å². The van der Waals surface area contributed by atoms with E-state index < -0.39 is 5.79 Å². The molecule has 2 fully saturated rings. The Bertz CT molecular complexity index is 504. The number of aromatic hydroxyl groups is 2. The molecule has 0 aromatic heterocycles. The predicted octanol–water partition coefficient (Wildman–Crippen LogP) is 1.08. The summed E-state index contributed by atoms with van der Waals surface area (Å²) in [5, 5.41) is 18.9. The molecule has 20 heavy (non-hydrogen) atoms. The fraction of sp³-hybridized carbons (Fsp3) is 0.500. The third kappa shape index (κ3) is 2.44. The van der Waals surface area contributed by atoms with Crippen LogP contribution < -0.4 is 0 Å². The summed E-state index contributed by atoms with van der Waals surface area (Å²) in [5.41, 5.74) is 0.262. The molecule has 6 nitrogen and oxygen atoms in total. The number of likely N-dealkylation sites (tertiary alicyclic amines) is 1. The SMILES string of the molecule is O=C(c1cc(O)cc(O)c1)N1CCCC2(C1)OCCO2. The van der Waals surface area contributed by atoms with Gasteiger partial charge in [0, 0.05) is 24.6 Å². The number of benzene rings is 1. The number of piperidine rings is 1. The second-order valence-electron chi connectivity index (χ2n) is 5.18. The first-order chi connectivity index (χ1) is 9.58. The molecule has 1 spiro atoms. The van der Waals surface area contributed by atoms with E-state index in [-0.39, 0.29) is 23.0 Å². The molecule has 108 valence electrons. The summed E-state index contributed by atoms with van der Waals surface area (Å²) >= 11 is 0. The van der Waals surface area contributed by atoms with Crippen molar-refractivity contribution in [3.63, 3.8) is 0 Å². The maximum atomic E-state index is 12.4. The van der Waals surface area contributed by atoms with Gasteiger partial charge < -0.3 is 24.6 Å². The number of phenolic OH excluding ortho intramolecular Hbond substituents is 2. The standard InChI is InChI=1S/C14H17NO5/c16-11-6-10(7-12(17)8-11)13(18)15-3-1-2-14(9-15)19-4-5-20-14/h6-8,16-17H,1-5,9H2. The molecule has 0 bridgehead atoms. The zero-order chi connectivity index (χ0) is 14.2. The van der Waals surface area contributed by atoms with Crippen molar-refractivity contribution in [1.29, 1.82) is 0 Å². The van der Waals surface area contributed by atoms with Crippen molar-refractivity contribution < 1.29 is 24.5 Å². The number of hydrogen-bond donors (Lipinski definition) is 2. The lowest BCUT2D eigenvalue weighted by atomic mass is 10.0. The van der Waals surface area contributed by atoms with Crippen molar-refractivity contribution in [2.45, 2.75) is 18.6 Å². The van der Waals surface area contributed by atoms with Crippen molar-refractivity contribution in [1.82, 2.24) is 4.90 Å². The fourth-order valence-electron chi connectivity index (χ4n) is 2.80. The first-order valence-electron chi connectivity index (χ1n) is 6.68. The molecule has 0 saturated carbocycles. The number of phenols is 2. The third-order valence-corrected chi connectivity index (χ3v) is 3.67. The number of carbonyl (C=O) groups is 1. The number of hydrogen-bond acceptors (Lipinski definition) is 5. The first kappa shape index (κ1) is 13.2. The summed E-state index contributed by atoms with van der Waals surface area (Å²) in [6.07, 6.45) is 1.58. The van der Waals surface area contributed by atoms with Crippen LogP contribution in [0.1, 0.15) is 23.2 Å². The van der Waals surface area contributed by atoms with Crippen LogP contribution in [0, 0.1) is 0 Å². The largest absolute Gasteiger partial charge is 0.508 e. The van der Waals surface area contributed by atoms with Crippen molar-refractivity contribution in [2.24, 2.45) is 0 Å². The van der Waals surface area contributed by atoms with Gasteiger partial charge in [0.05, 0.1) is 19.8 Å². The van der Waals surface area contributed by atoms with Crippen LogP contribution >= 0.6 is 0 Å². The van der Waals surface area contributed by atoms with Crippen LogP contribution in [0.5, 0.6) is 11.5 Å². The van der Waals surface area contributed by atoms with Gasteiger partial charge in [0.25, 0.3) is 5.91 Å². The molecule has 1 amide bonds. The average Bonchev–Trinajstić information content (AvgIpc) is 2.85. The lowest BCUT2D eigenvalue weighted by Gasteiger charge is -2.38. The topological polar surface area (TPSA) is 79.2 Å². The van der Waals surface area contributed by atoms with E-state index in [4.69, 9.17) is 9.47 Å². The normalized spacial score (nSPS) is 21.3. The van der Waals surface area contributed by atoms with Gasteiger partial charge in [-0.1, -0.05) is 0 Å². The van der Waals surface area contributed by atoms with Crippen LogP contribution in [0.25, 0.3) is 0 Å². The molecule has 6 heteroatoms. The van der Waals surface area contributed by atoms with E-state index in [1.54, 1.807) is 4.90 Å². The van der Waals surface area contributed by atoms with Crippen LogP contribution in [0.2, 0.25) is 0 Å². The molecule has 2 saturated heterocycles. The monoisotopic (exact) mass is 279 g/mol. The second-order valence-corrected chi connectivity index (χ2v) is 5.18. The zero-order valence-corrected chi connectivity index (χ0v) is 11.0. The molecule has 0 atom stereocenters. The van der Waals surface area contributed by atoms with Crippen molar-refractivity contribution >= 4 is 5.91 Å². The highest BCUT2D eigenvalue weighted by atomic mass is 16.7. The van der Waals surface area contributed by atoms with Gasteiger partial charge >= 0.3 is 0 Å². The third-order valence-electron chi connectivity index (χ3n) is 3.67. The smallest absolute Gasteiger partial charge is 0.254 e. The van der Waals surface area contributed by atoms with Gasteiger partial charge in [0.1, 0.15) is 11.5 Å². The summed E-state index contributed by atoms with van der Waals surface area (Å²) in [5.74, 6) is -1.18. The van der Waals surface area contributed by atoms with Gasteiger partial charge in [-0.2, -0.15) is 0 Å². The van der Waals surface area contributed by atoms with Crippen LogP contribution in [-0.4, -0.2) is 53.1 Å². The Balaban J connectivity index is 1.79. The van der Waals surface area contributed by atoms with E-state index in [0.29, 0.717) is 26.3 Å². The zero-order valence-electron chi connectivity index (χ0n) is 11.0. The fourth-order valence-corrected chi connectivity index (χ4v) is 2.80. The van der Waals surface area contributed by atoms with Crippen molar-refractivity contribution in [3.8, 4) is 11.5 Å². The lowest BCUT2D eigenvalue weighted by Crippen LogP contribution is -2.51. The minimum Gasteiger partial charge on any atom is -0.508 e. The number of amides is 1. The molecular formula is C14H17NO5. The first-order valence-corrected chi connectivity index (χ1v) is 6.68. The Kier molecular flexibility index (Phi) is 3.27. The van der Waals surface area contributed by atoms with Gasteiger partial charge in [0.15, 0.2) is 5.79 Å². The number of ether oxygens (including phenoxy) is 2. The predicted molar refractivity (Wildman–Crippen MR) is 69.5 cm³/mol. The Hall–Kier alpha value is -1.79. The lowest BCUT2D eigenvalue weighted by molar-refractivity contribution is -0.183. The quantitative estimate of drug-likeness (QED) is 0.804. The van der Waals surface area contributed by atoms with Gasteiger partial charge in [-0.15, -0.1) is 0 Å². The summed E-state index contributed by atoms with van der Waals surface area (Å²) in [7, 11) is 0. The Morgan fingerprint density at radius 1 is 1.15 bits per heavy atom. The highest BCUT2D eigenvalue weighted by Gasteiger charge is 2.42. The molecule has 1 aromatic carbocycles. The van der Waals surface area contributed by atoms with E-state index in [1.165, 1.54) is 18.2 Å². The molecular weight excluding hydrogens is 262 g/mol. The molecule has 0 unspecified atom stereocenters. The maximum absolute atomic E-state index is 12.4. The molecule has 2 aliphatic rings. The number of rotatable bonds is 1. The van der Waals surface area contributed by atoms with E-state index in [2.05, 4.69) is 0 Å². The Morgan fingerprint density at radius 2 is 1.80 bits per heavy atom. The second kappa shape index (κ2) is 4.96. The summed E-state index contributed by atoms with van der Waals surface area (Å²) in [6, 6.07) is 3.89. The average molecular weight is 279 g/mol. The maximum Gasteiger partial charge on any atom is 0.254 e. The highest BCUT2D eigenvalue weighted by molar-refractivity contribution is 5.95. The minimum absolute atomic E-state index is 0.131. The molecule has 0 radical (unpaired) electrons. The van der Waals surface area contributed by atoms with Gasteiger partial charge in [-0.25, -0.2) is 0 Å². The van der Waals surface area contributed by atoms with E-state index in [1.807, 2.05) is 0 Å². The summed E-state index contributed by atoms with van der Waals surface area (Å²) in [4.78, 5) is 14.1. The Labute approximate surface area is 116 Å². The molecule has 2 aliphatic heterocycles. The number of carbonyl (C=O) groups excluding carboxylic acids is 1. The summed E-state index contributed by atoms with van der Waals surface area (Å²) in [6.45, 7) is 2.09. The molecule has 1 aromatic rings. The summed E-state index contributed by atoms with van der Waals surface area (Å²) < 4.78 is 11.3. The van der Waals surface area contributed by atoms with E-state index in [9.17, 15) is 15.0 Å². The van der Waals surface area contributed by atoms with Crippen molar-refractivity contribution in [3.05, 3.63) is 23.8 Å². The van der Waals surface area contributed by atoms with Crippen LogP contribution in [0.4, 0.5) is 0 Å². The molecule has 3 rings (SSSR count). The van der Waals surface area contributed by atoms with E-state index in [0.717, 1.165) is 12.8 Å². The Morgan fingerprint density at radius 3 is 2.45 bits per heavy atom. The molecule has 0 aliphatic carbocycles. The highest BCUT2D eigenvalue weighted by Crippen LogP contribution is 2.31. The van der Waals surface area contributed by atoms with Crippen LogP contribution in [0.3, 0.4) is 0 Å². The molecule has 2 N–H and O–H groups in total. The van der Waals surface area contributed by atoms with Gasteiger partial charge in [-0.05, 0) is 18.6 Å². The minimum atomic E-state index is -0.674. The molecule has 2 heterocycles. The van der Waals surface area contributed by atoms with Crippen LogP contribution in [-0.2, 0) is 9.47 Å².